The monoisotopic (exact) mass is 370 g/mol. The van der Waals surface area contributed by atoms with Crippen LogP contribution in [-0.2, 0) is 12.0 Å². The Morgan fingerprint density at radius 2 is 1.75 bits per heavy atom. The van der Waals surface area contributed by atoms with Gasteiger partial charge in [0.25, 0.3) is 0 Å². The molecule has 0 bridgehead atoms. The van der Waals surface area contributed by atoms with Crippen LogP contribution in [0, 0.1) is 0 Å². The summed E-state index contributed by atoms with van der Waals surface area (Å²) in [6.07, 6.45) is 5.74. The van der Waals surface area contributed by atoms with Gasteiger partial charge < -0.3 is 15.9 Å². The van der Waals surface area contributed by atoms with E-state index in [1.807, 2.05) is 18.2 Å². The fourth-order valence-electron chi connectivity index (χ4n) is 3.98. The lowest BCUT2D eigenvalue weighted by Crippen LogP contribution is -2.43. The summed E-state index contributed by atoms with van der Waals surface area (Å²) in [4.78, 5) is 8.43. The van der Waals surface area contributed by atoms with Crippen LogP contribution in [0.3, 0.4) is 0 Å². The molecule has 0 spiro atoms. The van der Waals surface area contributed by atoms with E-state index in [1.54, 1.807) is 6.20 Å². The highest BCUT2D eigenvalue weighted by Crippen LogP contribution is 2.39. The normalized spacial score (nSPS) is 15.5. The first-order valence-corrected chi connectivity index (χ1v) is 9.60. The van der Waals surface area contributed by atoms with E-state index in [1.165, 1.54) is 17.5 Å². The van der Waals surface area contributed by atoms with Crippen molar-refractivity contribution in [3.63, 3.8) is 0 Å². The summed E-state index contributed by atoms with van der Waals surface area (Å²) in [7, 11) is 0. The predicted octanol–water partition coefficient (Wildman–Crippen LogP) is 4.40. The summed E-state index contributed by atoms with van der Waals surface area (Å²) in [5.74, 6) is 1.07. The van der Waals surface area contributed by atoms with E-state index < -0.39 is 0 Å². The topological polar surface area (TPSA) is 91.0 Å². The quantitative estimate of drug-likeness (QED) is 0.555. The molecule has 140 valence electrons. The van der Waals surface area contributed by atoms with Crippen molar-refractivity contribution in [2.45, 2.75) is 31.2 Å². The molecule has 0 amide bonds. The number of fused-ring (bicyclic) bond motifs is 1. The second-order valence-corrected chi connectivity index (χ2v) is 7.60. The Bertz CT molecular complexity index is 1130. The van der Waals surface area contributed by atoms with Gasteiger partial charge in [-0.25, -0.2) is 4.98 Å². The minimum atomic E-state index is -0.139. The van der Waals surface area contributed by atoms with Crippen molar-refractivity contribution in [2.24, 2.45) is 5.73 Å². The average molecular weight is 370 g/mol. The maximum Gasteiger partial charge on any atom is 0.231 e. The lowest BCUT2D eigenvalue weighted by molar-refractivity contribution is 0.253. The van der Waals surface area contributed by atoms with Gasteiger partial charge in [-0.1, -0.05) is 54.6 Å². The molecule has 2 aromatic carbocycles. The SMILES string of the molecule is Nc1ncc2c(-c3ccccc3)c(Cc3ccc(C4(N)CCC4)cc3)oc2n1. The zero-order chi connectivity index (χ0) is 19.1. The third kappa shape index (κ3) is 2.84. The van der Waals surface area contributed by atoms with Crippen LogP contribution in [0.5, 0.6) is 0 Å². The minimum Gasteiger partial charge on any atom is -0.442 e. The van der Waals surface area contributed by atoms with Crippen LogP contribution in [-0.4, -0.2) is 9.97 Å². The van der Waals surface area contributed by atoms with Gasteiger partial charge in [0.05, 0.1) is 5.39 Å². The summed E-state index contributed by atoms with van der Waals surface area (Å²) in [5.41, 5.74) is 17.1. The largest absolute Gasteiger partial charge is 0.442 e. The van der Waals surface area contributed by atoms with E-state index in [4.69, 9.17) is 15.9 Å². The summed E-state index contributed by atoms with van der Waals surface area (Å²) in [5, 5.41) is 0.877. The Balaban J connectivity index is 1.55. The first-order valence-electron chi connectivity index (χ1n) is 9.60. The first-order chi connectivity index (χ1) is 13.6. The molecule has 2 aromatic heterocycles. The van der Waals surface area contributed by atoms with E-state index in [9.17, 15) is 0 Å². The highest BCUT2D eigenvalue weighted by atomic mass is 16.3. The third-order valence-electron chi connectivity index (χ3n) is 5.74. The standard InChI is InChI=1S/C23H22N4O/c24-22-26-14-18-20(16-5-2-1-3-6-16)19(28-21(18)27-22)13-15-7-9-17(10-8-15)23(25)11-4-12-23/h1-3,5-10,14H,4,11-13,25H2,(H2,24,26,27). The molecule has 0 aliphatic heterocycles. The Morgan fingerprint density at radius 3 is 2.43 bits per heavy atom. The van der Waals surface area contributed by atoms with Crippen molar-refractivity contribution in [1.29, 1.82) is 0 Å². The van der Waals surface area contributed by atoms with Crippen LogP contribution in [0.1, 0.15) is 36.1 Å². The van der Waals surface area contributed by atoms with E-state index in [-0.39, 0.29) is 11.5 Å². The summed E-state index contributed by atoms with van der Waals surface area (Å²) >= 11 is 0. The number of rotatable bonds is 4. The fourth-order valence-corrected chi connectivity index (χ4v) is 3.98. The van der Waals surface area contributed by atoms with Gasteiger partial charge in [-0.3, -0.25) is 0 Å². The van der Waals surface area contributed by atoms with Crippen molar-refractivity contribution in [2.75, 3.05) is 5.73 Å². The van der Waals surface area contributed by atoms with Crippen molar-refractivity contribution in [3.05, 3.63) is 77.7 Å². The van der Waals surface area contributed by atoms with Gasteiger partial charge in [0, 0.05) is 23.7 Å². The number of anilines is 1. The highest BCUT2D eigenvalue weighted by Gasteiger charge is 2.34. The van der Waals surface area contributed by atoms with Gasteiger partial charge in [0.2, 0.25) is 11.7 Å². The molecule has 1 aliphatic carbocycles. The van der Waals surface area contributed by atoms with Gasteiger partial charge in [0.1, 0.15) is 5.76 Å². The zero-order valence-corrected chi connectivity index (χ0v) is 15.6. The summed E-state index contributed by atoms with van der Waals surface area (Å²) in [6, 6.07) is 18.8. The molecule has 0 atom stereocenters. The molecule has 28 heavy (non-hydrogen) atoms. The van der Waals surface area contributed by atoms with Crippen LogP contribution in [0.25, 0.3) is 22.2 Å². The molecule has 1 aliphatic rings. The molecule has 4 aromatic rings. The Hall–Kier alpha value is -3.18. The Labute approximate surface area is 163 Å². The summed E-state index contributed by atoms with van der Waals surface area (Å²) in [6.45, 7) is 0. The lowest BCUT2D eigenvalue weighted by Gasteiger charge is -2.38. The number of hydrogen-bond acceptors (Lipinski definition) is 5. The third-order valence-corrected chi connectivity index (χ3v) is 5.74. The number of benzene rings is 2. The van der Waals surface area contributed by atoms with E-state index in [2.05, 4.69) is 46.4 Å². The van der Waals surface area contributed by atoms with Crippen LogP contribution in [0.4, 0.5) is 5.95 Å². The second-order valence-electron chi connectivity index (χ2n) is 7.60. The zero-order valence-electron chi connectivity index (χ0n) is 15.6. The number of nitrogen functional groups attached to an aromatic ring is 1. The number of nitrogens with zero attached hydrogens (tertiary/aromatic N) is 2. The molecule has 1 fully saturated rings. The van der Waals surface area contributed by atoms with Gasteiger partial charge in [0.15, 0.2) is 0 Å². The number of aromatic nitrogens is 2. The van der Waals surface area contributed by atoms with E-state index in [0.29, 0.717) is 12.1 Å². The highest BCUT2D eigenvalue weighted by molar-refractivity contribution is 5.94. The molecule has 2 heterocycles. The molecule has 1 saturated carbocycles. The van der Waals surface area contributed by atoms with Crippen molar-refractivity contribution in [3.8, 4) is 11.1 Å². The first kappa shape index (κ1) is 17.0. The van der Waals surface area contributed by atoms with Crippen LogP contribution < -0.4 is 11.5 Å². The van der Waals surface area contributed by atoms with Crippen molar-refractivity contribution in [1.82, 2.24) is 9.97 Å². The molecule has 0 saturated heterocycles. The Kier molecular flexibility index (Phi) is 3.91. The van der Waals surface area contributed by atoms with E-state index >= 15 is 0 Å². The number of furan rings is 1. The second kappa shape index (κ2) is 6.46. The van der Waals surface area contributed by atoms with Crippen LogP contribution in [0.15, 0.2) is 65.2 Å². The molecular weight excluding hydrogens is 348 g/mol. The van der Waals surface area contributed by atoms with E-state index in [0.717, 1.165) is 35.1 Å². The minimum absolute atomic E-state index is 0.139. The van der Waals surface area contributed by atoms with Gasteiger partial charge in [-0.15, -0.1) is 0 Å². The van der Waals surface area contributed by atoms with Gasteiger partial charge in [-0.2, -0.15) is 4.98 Å². The van der Waals surface area contributed by atoms with Gasteiger partial charge >= 0.3 is 0 Å². The number of nitrogens with two attached hydrogens (primary N) is 2. The molecule has 0 radical (unpaired) electrons. The van der Waals surface area contributed by atoms with Crippen molar-refractivity contribution < 1.29 is 4.42 Å². The van der Waals surface area contributed by atoms with Gasteiger partial charge in [-0.05, 0) is 36.0 Å². The fraction of sp³-hybridized carbons (Fsp3) is 0.217. The Morgan fingerprint density at radius 1 is 1.00 bits per heavy atom. The predicted molar refractivity (Wildman–Crippen MR) is 111 cm³/mol. The summed E-state index contributed by atoms with van der Waals surface area (Å²) < 4.78 is 6.11. The molecule has 5 nitrogen and oxygen atoms in total. The average Bonchev–Trinajstić information content (AvgIpc) is 3.04. The molecular formula is C23H22N4O. The lowest BCUT2D eigenvalue weighted by atomic mass is 9.72. The molecule has 5 heteroatoms. The molecule has 4 N–H and O–H groups in total. The smallest absolute Gasteiger partial charge is 0.231 e. The maximum atomic E-state index is 6.45. The molecule has 5 rings (SSSR count). The molecule has 0 unspecified atom stereocenters. The van der Waals surface area contributed by atoms with Crippen LogP contribution in [0.2, 0.25) is 0 Å². The number of hydrogen-bond donors (Lipinski definition) is 2. The maximum absolute atomic E-state index is 6.45. The van der Waals surface area contributed by atoms with Crippen LogP contribution >= 0.6 is 0 Å². The van der Waals surface area contributed by atoms with Crippen molar-refractivity contribution >= 4 is 17.0 Å².